The minimum atomic E-state index is -1.76. The van der Waals surface area contributed by atoms with Crippen LogP contribution in [0, 0.1) is 26.0 Å². The summed E-state index contributed by atoms with van der Waals surface area (Å²) in [5.41, 5.74) is 7.63. The van der Waals surface area contributed by atoms with Gasteiger partial charge < -0.3 is 0 Å². The quantitative estimate of drug-likeness (QED) is 0.232. The van der Waals surface area contributed by atoms with Gasteiger partial charge in [0.05, 0.1) is 0 Å². The van der Waals surface area contributed by atoms with Crippen LogP contribution in [0.2, 0.25) is 0 Å². The summed E-state index contributed by atoms with van der Waals surface area (Å²) in [7, 11) is 10.7. The molecule has 0 spiro atoms. The number of aryl methyl sites for hydroxylation is 2. The van der Waals surface area contributed by atoms with Gasteiger partial charge in [-0.05, 0) is 13.8 Å². The van der Waals surface area contributed by atoms with Crippen LogP contribution < -0.4 is 0 Å². The van der Waals surface area contributed by atoms with Crippen molar-refractivity contribution in [2.24, 2.45) is 0 Å². The van der Waals surface area contributed by atoms with Crippen LogP contribution in [-0.2, 0) is 18.9 Å². The van der Waals surface area contributed by atoms with Gasteiger partial charge in [0.15, 0.2) is 0 Å². The molecular formula is C24H22Cl2Zr-2. The smallest absolute Gasteiger partial charge is 0.0487 e. The van der Waals surface area contributed by atoms with Gasteiger partial charge in [0.25, 0.3) is 0 Å². The minimum Gasteiger partial charge on any atom is -0.168 e. The second kappa shape index (κ2) is 11.5. The van der Waals surface area contributed by atoms with E-state index in [0.717, 1.165) is 0 Å². The Hall–Kier alpha value is -1.27. The molecule has 0 aromatic carbocycles. The molecule has 0 N–H and O–H groups in total. The molecule has 4 rings (SSSR count). The Balaban J connectivity index is 0.000000157. The van der Waals surface area contributed by atoms with Gasteiger partial charge in [-0.1, -0.05) is 35.4 Å². The molecule has 0 aliphatic heterocycles. The van der Waals surface area contributed by atoms with E-state index >= 15 is 0 Å². The van der Waals surface area contributed by atoms with Crippen LogP contribution in [0.25, 0.3) is 22.3 Å². The summed E-state index contributed by atoms with van der Waals surface area (Å²) in [6.07, 6.45) is 0. The summed E-state index contributed by atoms with van der Waals surface area (Å²) in [6, 6.07) is 31.1. The fourth-order valence-electron chi connectivity index (χ4n) is 2.61. The van der Waals surface area contributed by atoms with E-state index in [1.54, 1.807) is 0 Å². The monoisotopic (exact) mass is 470 g/mol. The van der Waals surface area contributed by atoms with Gasteiger partial charge in [0.2, 0.25) is 0 Å². The molecule has 4 aliphatic rings. The van der Waals surface area contributed by atoms with Crippen molar-refractivity contribution in [1.29, 1.82) is 0 Å². The maximum Gasteiger partial charge on any atom is -0.0487 e. The predicted molar refractivity (Wildman–Crippen MR) is 117 cm³/mol. The van der Waals surface area contributed by atoms with Gasteiger partial charge >= 0.3 is 46.5 Å². The third-order valence-corrected chi connectivity index (χ3v) is 7.72. The van der Waals surface area contributed by atoms with E-state index in [-0.39, 0.29) is 0 Å². The fourth-order valence-corrected chi connectivity index (χ4v) is 2.61. The van der Waals surface area contributed by atoms with Crippen molar-refractivity contribution in [2.75, 3.05) is 0 Å². The van der Waals surface area contributed by atoms with E-state index in [1.807, 2.05) is 34.9 Å². The number of fused-ring (bicyclic) bond motifs is 2. The molecule has 0 fully saturated rings. The summed E-state index contributed by atoms with van der Waals surface area (Å²) in [5, 5.41) is 0. The SMILES string of the molecule is C[CH]=[Zr]([Cl])[Cl].Cc1ccccc2[c-]ccc1-2.Cc1ccccc2[c-]ccc1-2. The topological polar surface area (TPSA) is 0 Å². The molecule has 0 amide bonds. The summed E-state index contributed by atoms with van der Waals surface area (Å²) < 4.78 is 1.89. The molecule has 0 radical (unpaired) electrons. The van der Waals surface area contributed by atoms with Crippen molar-refractivity contribution >= 4 is 20.7 Å². The fraction of sp³-hybridized carbons (Fsp3) is 0.125. The van der Waals surface area contributed by atoms with Crippen molar-refractivity contribution < 1.29 is 18.9 Å². The molecule has 3 heteroatoms. The summed E-state index contributed by atoms with van der Waals surface area (Å²) in [4.78, 5) is 0. The van der Waals surface area contributed by atoms with Crippen LogP contribution in [0.4, 0.5) is 0 Å². The Labute approximate surface area is 177 Å². The van der Waals surface area contributed by atoms with Gasteiger partial charge in [-0.3, -0.25) is 0 Å². The number of hydrogen-bond acceptors (Lipinski definition) is 0. The van der Waals surface area contributed by atoms with Gasteiger partial charge in [-0.2, -0.15) is 35.4 Å². The second-order valence-corrected chi connectivity index (χ2v) is 14.8. The first-order chi connectivity index (χ1) is 13.0. The van der Waals surface area contributed by atoms with Gasteiger partial charge in [0, 0.05) is 0 Å². The van der Waals surface area contributed by atoms with E-state index in [2.05, 4.69) is 74.5 Å². The maximum atomic E-state index is 5.37. The van der Waals surface area contributed by atoms with Crippen molar-refractivity contribution in [3.8, 4) is 22.3 Å². The predicted octanol–water partition coefficient (Wildman–Crippen LogP) is 7.53. The van der Waals surface area contributed by atoms with Gasteiger partial charge in [0.1, 0.15) is 0 Å². The van der Waals surface area contributed by atoms with E-state index < -0.39 is 18.9 Å². The van der Waals surface area contributed by atoms with Crippen molar-refractivity contribution in [1.82, 2.24) is 0 Å². The Kier molecular flexibility index (Phi) is 9.42. The molecule has 0 nitrogen and oxygen atoms in total. The summed E-state index contributed by atoms with van der Waals surface area (Å²) >= 11 is -1.76. The van der Waals surface area contributed by atoms with Crippen LogP contribution in [0.15, 0.2) is 72.8 Å². The molecular weight excluding hydrogens is 450 g/mol. The van der Waals surface area contributed by atoms with Crippen LogP contribution in [0.5, 0.6) is 0 Å². The number of halogens is 2. The molecule has 0 unspecified atom stereocenters. The van der Waals surface area contributed by atoms with Crippen molar-refractivity contribution in [2.45, 2.75) is 20.8 Å². The van der Waals surface area contributed by atoms with Crippen molar-refractivity contribution in [3.63, 3.8) is 0 Å². The molecule has 0 heterocycles. The third kappa shape index (κ3) is 7.00. The molecule has 138 valence electrons. The molecule has 0 bridgehead atoms. The Morgan fingerprint density at radius 2 is 1.07 bits per heavy atom. The first kappa shape index (κ1) is 22.0. The average Bonchev–Trinajstić information content (AvgIpc) is 3.25. The van der Waals surface area contributed by atoms with Crippen LogP contribution in [0.3, 0.4) is 0 Å². The maximum absolute atomic E-state index is 5.37. The number of hydrogen-bond donors (Lipinski definition) is 0. The number of rotatable bonds is 0. The van der Waals surface area contributed by atoms with E-state index in [0.29, 0.717) is 0 Å². The average molecular weight is 473 g/mol. The zero-order valence-electron chi connectivity index (χ0n) is 15.8. The van der Waals surface area contributed by atoms with Gasteiger partial charge in [-0.15, -0.1) is 47.5 Å². The minimum absolute atomic E-state index is 1.20. The Bertz CT molecular complexity index is 872. The first-order valence-electron chi connectivity index (χ1n) is 8.72. The largest absolute Gasteiger partial charge is 0.168 e. The molecule has 0 atom stereocenters. The van der Waals surface area contributed by atoms with Crippen LogP contribution in [-0.4, -0.2) is 3.71 Å². The molecule has 0 aromatic rings. The van der Waals surface area contributed by atoms with Gasteiger partial charge in [-0.25, -0.2) is 0 Å². The van der Waals surface area contributed by atoms with Crippen LogP contribution >= 0.6 is 17.0 Å². The van der Waals surface area contributed by atoms with Crippen LogP contribution in [0.1, 0.15) is 18.1 Å². The molecule has 0 saturated carbocycles. The summed E-state index contributed by atoms with van der Waals surface area (Å²) in [6.45, 7) is 6.14. The second-order valence-electron chi connectivity index (χ2n) is 5.99. The molecule has 0 aromatic heterocycles. The first-order valence-corrected chi connectivity index (χ1v) is 16.5. The standard InChI is InChI=1S/2C11H9.C2H4.2ClH.Zr/c2*1-9-5-2-3-6-10-7-4-8-11(9)10;1-2;;;/h2*2-6,8H,1H3;1H,2H3;2*1H;/q2*-1;;;;+2/p-2. The molecule has 27 heavy (non-hydrogen) atoms. The summed E-state index contributed by atoms with van der Waals surface area (Å²) in [5.74, 6) is 0. The normalized spacial score (nSPS) is 9.67. The van der Waals surface area contributed by atoms with E-state index in [9.17, 15) is 0 Å². The molecule has 4 aliphatic carbocycles. The Morgan fingerprint density at radius 3 is 1.44 bits per heavy atom. The zero-order chi connectivity index (χ0) is 19.6. The van der Waals surface area contributed by atoms with Crippen molar-refractivity contribution in [3.05, 3.63) is 96.1 Å². The third-order valence-electron chi connectivity index (χ3n) is 4.07. The van der Waals surface area contributed by atoms with E-state index in [4.69, 9.17) is 17.0 Å². The van der Waals surface area contributed by atoms with E-state index in [1.165, 1.54) is 33.4 Å². The Morgan fingerprint density at radius 1 is 0.704 bits per heavy atom. The zero-order valence-corrected chi connectivity index (χ0v) is 19.7. The molecule has 0 saturated heterocycles.